The van der Waals surface area contributed by atoms with Gasteiger partial charge in [-0.2, -0.15) is 0 Å². The highest BCUT2D eigenvalue weighted by molar-refractivity contribution is 5.93. The molecule has 0 aromatic carbocycles. The molecule has 0 aliphatic carbocycles. The third-order valence-electron chi connectivity index (χ3n) is 3.84. The van der Waals surface area contributed by atoms with Crippen LogP contribution < -0.4 is 10.6 Å². The van der Waals surface area contributed by atoms with Gasteiger partial charge >= 0.3 is 0 Å². The maximum absolute atomic E-state index is 12.2. The van der Waals surface area contributed by atoms with E-state index in [9.17, 15) is 9.59 Å². The lowest BCUT2D eigenvalue weighted by Gasteiger charge is -2.25. The Kier molecular flexibility index (Phi) is 5.38. The summed E-state index contributed by atoms with van der Waals surface area (Å²) in [6.45, 7) is 2.34. The fraction of sp³-hybridized carbons (Fsp3) is 0.600. The van der Waals surface area contributed by atoms with Gasteiger partial charge in [0, 0.05) is 39.3 Å². The average Bonchev–Trinajstić information content (AvgIpc) is 2.97. The molecule has 1 aliphatic rings. The molecule has 6 nitrogen and oxygen atoms in total. The van der Waals surface area contributed by atoms with Gasteiger partial charge in [-0.1, -0.05) is 0 Å². The number of hydrogen-bond acceptors (Lipinski definition) is 3. The van der Waals surface area contributed by atoms with Crippen molar-refractivity contribution >= 4 is 11.8 Å². The van der Waals surface area contributed by atoms with Crippen LogP contribution in [0, 0.1) is 0 Å². The van der Waals surface area contributed by atoms with Crippen LogP contribution in [0.15, 0.2) is 18.3 Å². The van der Waals surface area contributed by atoms with Crippen molar-refractivity contribution in [2.24, 2.45) is 0 Å². The van der Waals surface area contributed by atoms with Gasteiger partial charge in [-0.3, -0.25) is 9.59 Å². The molecule has 6 heteroatoms. The first-order valence-electron chi connectivity index (χ1n) is 7.45. The van der Waals surface area contributed by atoms with Crippen LogP contribution in [0.5, 0.6) is 0 Å². The number of nitrogens with one attached hydrogen (secondary N) is 2. The Morgan fingerprint density at radius 1 is 1.38 bits per heavy atom. The molecule has 0 unspecified atom stereocenters. The second-order valence-electron chi connectivity index (χ2n) is 5.58. The first kappa shape index (κ1) is 15.6. The highest BCUT2D eigenvalue weighted by Gasteiger charge is 2.19. The van der Waals surface area contributed by atoms with E-state index < -0.39 is 0 Å². The van der Waals surface area contributed by atoms with Crippen molar-refractivity contribution in [1.82, 2.24) is 20.1 Å². The highest BCUT2D eigenvalue weighted by Crippen LogP contribution is 2.21. The van der Waals surface area contributed by atoms with E-state index in [0.717, 1.165) is 25.9 Å². The van der Waals surface area contributed by atoms with Crippen molar-refractivity contribution in [2.75, 3.05) is 33.7 Å². The van der Waals surface area contributed by atoms with E-state index in [-0.39, 0.29) is 11.8 Å². The Bertz CT molecular complexity index is 490. The van der Waals surface area contributed by atoms with Gasteiger partial charge in [-0.25, -0.2) is 0 Å². The topological polar surface area (TPSA) is 66.4 Å². The van der Waals surface area contributed by atoms with E-state index in [2.05, 4.69) is 15.2 Å². The van der Waals surface area contributed by atoms with E-state index in [1.807, 2.05) is 18.3 Å². The lowest BCUT2D eigenvalue weighted by molar-refractivity contribution is -0.128. The Morgan fingerprint density at radius 3 is 2.76 bits per heavy atom. The fourth-order valence-electron chi connectivity index (χ4n) is 2.59. The first-order chi connectivity index (χ1) is 10.1. The summed E-state index contributed by atoms with van der Waals surface area (Å²) in [7, 11) is 3.43. The van der Waals surface area contributed by atoms with Crippen LogP contribution >= 0.6 is 0 Å². The van der Waals surface area contributed by atoms with Gasteiger partial charge in [0.2, 0.25) is 5.91 Å². The second kappa shape index (κ2) is 7.26. The predicted molar refractivity (Wildman–Crippen MR) is 81.2 cm³/mol. The van der Waals surface area contributed by atoms with E-state index in [1.54, 1.807) is 14.1 Å². The van der Waals surface area contributed by atoms with Crippen molar-refractivity contribution in [3.05, 3.63) is 24.0 Å². The standard InChI is InChI=1S/C15H24N4O2/c1-18(2)14(20)7-10-17-15(21)13-4-3-11-19(13)12-5-8-16-9-6-12/h3-4,11-12,16H,5-10H2,1-2H3,(H,17,21). The smallest absolute Gasteiger partial charge is 0.267 e. The van der Waals surface area contributed by atoms with Crippen molar-refractivity contribution in [3.8, 4) is 0 Å². The van der Waals surface area contributed by atoms with Crippen LogP contribution in [0.4, 0.5) is 0 Å². The molecule has 0 spiro atoms. The molecule has 2 rings (SSSR count). The molecular formula is C15H24N4O2. The number of rotatable bonds is 5. The molecule has 0 radical (unpaired) electrons. The quantitative estimate of drug-likeness (QED) is 0.836. The van der Waals surface area contributed by atoms with Gasteiger partial charge < -0.3 is 20.1 Å². The Morgan fingerprint density at radius 2 is 2.10 bits per heavy atom. The molecule has 0 atom stereocenters. The van der Waals surface area contributed by atoms with E-state index in [0.29, 0.717) is 24.7 Å². The van der Waals surface area contributed by atoms with E-state index in [4.69, 9.17) is 0 Å². The number of aromatic nitrogens is 1. The summed E-state index contributed by atoms with van der Waals surface area (Å²) in [6.07, 6.45) is 4.37. The molecule has 0 saturated carbocycles. The zero-order valence-electron chi connectivity index (χ0n) is 12.8. The average molecular weight is 292 g/mol. The van der Waals surface area contributed by atoms with Crippen molar-refractivity contribution < 1.29 is 9.59 Å². The van der Waals surface area contributed by atoms with Crippen LogP contribution in [0.25, 0.3) is 0 Å². The molecule has 116 valence electrons. The summed E-state index contributed by atoms with van der Waals surface area (Å²) in [6, 6.07) is 4.12. The Hall–Kier alpha value is -1.82. The summed E-state index contributed by atoms with van der Waals surface area (Å²) >= 11 is 0. The zero-order chi connectivity index (χ0) is 15.2. The normalized spacial score (nSPS) is 15.7. The third kappa shape index (κ3) is 4.07. The van der Waals surface area contributed by atoms with Crippen molar-refractivity contribution in [2.45, 2.75) is 25.3 Å². The third-order valence-corrected chi connectivity index (χ3v) is 3.84. The molecule has 0 bridgehead atoms. The van der Waals surface area contributed by atoms with Gasteiger partial charge in [0.1, 0.15) is 5.69 Å². The number of amides is 2. The van der Waals surface area contributed by atoms with Gasteiger partial charge in [0.15, 0.2) is 0 Å². The number of piperidine rings is 1. The summed E-state index contributed by atoms with van der Waals surface area (Å²) < 4.78 is 2.06. The van der Waals surface area contributed by atoms with Crippen LogP contribution in [-0.2, 0) is 4.79 Å². The van der Waals surface area contributed by atoms with E-state index >= 15 is 0 Å². The second-order valence-corrected chi connectivity index (χ2v) is 5.58. The largest absolute Gasteiger partial charge is 0.350 e. The molecule has 1 fully saturated rings. The van der Waals surface area contributed by atoms with Crippen LogP contribution in [0.3, 0.4) is 0 Å². The Balaban J connectivity index is 1.91. The molecule has 1 aliphatic heterocycles. The maximum Gasteiger partial charge on any atom is 0.267 e. The minimum Gasteiger partial charge on any atom is -0.350 e. The Labute approximate surface area is 125 Å². The molecule has 2 heterocycles. The minimum atomic E-state index is -0.106. The monoisotopic (exact) mass is 292 g/mol. The number of nitrogens with zero attached hydrogens (tertiary/aromatic N) is 2. The van der Waals surface area contributed by atoms with Crippen LogP contribution in [0.2, 0.25) is 0 Å². The summed E-state index contributed by atoms with van der Waals surface area (Å²) in [4.78, 5) is 25.3. The highest BCUT2D eigenvalue weighted by atomic mass is 16.2. The van der Waals surface area contributed by atoms with Gasteiger partial charge in [-0.15, -0.1) is 0 Å². The molecule has 21 heavy (non-hydrogen) atoms. The summed E-state index contributed by atoms with van der Waals surface area (Å²) in [5.41, 5.74) is 0.680. The lowest BCUT2D eigenvalue weighted by atomic mass is 10.1. The zero-order valence-corrected chi connectivity index (χ0v) is 12.8. The molecule has 1 aromatic rings. The number of carbonyl (C=O) groups is 2. The SMILES string of the molecule is CN(C)C(=O)CCNC(=O)c1cccn1C1CCNCC1. The lowest BCUT2D eigenvalue weighted by Crippen LogP contribution is -2.34. The molecule has 2 amide bonds. The predicted octanol–water partition coefficient (Wildman–Crippen LogP) is 0.621. The molecular weight excluding hydrogens is 268 g/mol. The number of carbonyl (C=O) groups excluding carboxylic acids is 2. The van der Waals surface area contributed by atoms with Gasteiger partial charge in [0.25, 0.3) is 5.91 Å². The van der Waals surface area contributed by atoms with Gasteiger partial charge in [0.05, 0.1) is 0 Å². The van der Waals surface area contributed by atoms with Crippen LogP contribution in [0.1, 0.15) is 35.8 Å². The van der Waals surface area contributed by atoms with E-state index in [1.165, 1.54) is 4.90 Å². The molecule has 2 N–H and O–H groups in total. The minimum absolute atomic E-state index is 0.0176. The molecule has 1 saturated heterocycles. The summed E-state index contributed by atoms with van der Waals surface area (Å²) in [5, 5.41) is 6.15. The molecule has 1 aromatic heterocycles. The van der Waals surface area contributed by atoms with Gasteiger partial charge in [-0.05, 0) is 38.1 Å². The van der Waals surface area contributed by atoms with Crippen molar-refractivity contribution in [1.29, 1.82) is 0 Å². The van der Waals surface area contributed by atoms with Crippen molar-refractivity contribution in [3.63, 3.8) is 0 Å². The van der Waals surface area contributed by atoms with Crippen LogP contribution in [-0.4, -0.2) is 55.0 Å². The number of hydrogen-bond donors (Lipinski definition) is 2. The maximum atomic E-state index is 12.2. The first-order valence-corrected chi connectivity index (χ1v) is 7.45. The fourth-order valence-corrected chi connectivity index (χ4v) is 2.59. The summed E-state index contributed by atoms with van der Waals surface area (Å²) in [5.74, 6) is -0.0888.